The summed E-state index contributed by atoms with van der Waals surface area (Å²) in [5.74, 6) is 0.131. The number of ketones is 3. The van der Waals surface area contributed by atoms with Crippen molar-refractivity contribution in [3.63, 3.8) is 0 Å². The molecule has 5 rings (SSSR count). The summed E-state index contributed by atoms with van der Waals surface area (Å²) in [6.07, 6.45) is 1.40. The largest absolute Gasteiger partial charge is 0.491 e. The molecule has 2 amide bonds. The zero-order valence-corrected chi connectivity index (χ0v) is 35.7. The monoisotopic (exact) mass is 807 g/mol. The lowest BCUT2D eigenvalue weighted by Crippen LogP contribution is -2.36. The average molecular weight is 808 g/mol. The number of aryl methyl sites for hydroxylation is 2. The molecule has 1 aliphatic rings. The molecule has 0 saturated heterocycles. The van der Waals surface area contributed by atoms with E-state index in [1.807, 2.05) is 97.0 Å². The van der Waals surface area contributed by atoms with Gasteiger partial charge in [0, 0.05) is 35.5 Å². The Morgan fingerprint density at radius 1 is 0.593 bits per heavy atom. The summed E-state index contributed by atoms with van der Waals surface area (Å²) in [7, 11) is 1.65. The molecule has 0 fully saturated rings. The highest BCUT2D eigenvalue weighted by Crippen LogP contribution is 2.24. The minimum atomic E-state index is -0.695. The number of hydrogen-bond acceptors (Lipinski definition) is 10. The van der Waals surface area contributed by atoms with Crippen LogP contribution in [-0.4, -0.2) is 80.1 Å². The number of carbonyl (C=O) groups excluding carboxylic acids is 6. The Hall–Kier alpha value is -5.94. The van der Waals surface area contributed by atoms with Crippen LogP contribution < -0.4 is 9.47 Å². The zero-order chi connectivity index (χ0) is 43.8. The highest BCUT2D eigenvalue weighted by atomic mass is 16.6. The Balaban J connectivity index is 0.000000268. The summed E-state index contributed by atoms with van der Waals surface area (Å²) in [6, 6.07) is 28.7. The summed E-state index contributed by atoms with van der Waals surface area (Å²) >= 11 is 0. The number of esters is 1. The summed E-state index contributed by atoms with van der Waals surface area (Å²) in [4.78, 5) is 72.2. The lowest BCUT2D eigenvalue weighted by atomic mass is 9.86. The Bertz CT molecular complexity index is 2000. The first-order valence-electron chi connectivity index (χ1n) is 19.5. The van der Waals surface area contributed by atoms with E-state index in [1.165, 1.54) is 5.56 Å². The zero-order valence-electron chi connectivity index (χ0n) is 35.7. The van der Waals surface area contributed by atoms with Gasteiger partial charge in [-0.25, -0.2) is 0 Å². The molecule has 11 nitrogen and oxygen atoms in total. The van der Waals surface area contributed by atoms with Gasteiger partial charge in [-0.2, -0.15) is 0 Å². The van der Waals surface area contributed by atoms with Crippen LogP contribution in [0.3, 0.4) is 0 Å². The molecule has 0 N–H and O–H groups in total. The van der Waals surface area contributed by atoms with Gasteiger partial charge < -0.3 is 23.7 Å². The molecular weight excluding hydrogens is 751 g/mol. The maximum absolute atomic E-state index is 12.2. The molecule has 4 aromatic carbocycles. The van der Waals surface area contributed by atoms with E-state index in [4.69, 9.17) is 18.9 Å². The van der Waals surface area contributed by atoms with Gasteiger partial charge in [-0.3, -0.25) is 28.9 Å². The standard InChI is InChI=1S/C23H23NO6.C13H18O3.C12H16O/c1-23(2,3)20(26)15-8-10-16(11-9-15)29-12-13-30-19(25)14-24-21(27)17-6-4-5-7-18(17)22(24)28;1-11(14)3-4-12-5-7-13(8-6-12)16-10-9-15-2;1-9-5-7-10(8-6-9)11(13)12(2,3)4/h4-11H,12-14H2,1-3H3;5-8H,3-4,9-10H2,1-2H3;5-8H,1-4H3. The van der Waals surface area contributed by atoms with Crippen molar-refractivity contribution in [2.24, 2.45) is 10.8 Å². The second kappa shape index (κ2) is 22.3. The Morgan fingerprint density at radius 2 is 1.03 bits per heavy atom. The lowest BCUT2D eigenvalue weighted by Gasteiger charge is -2.16. The number of carbonyl (C=O) groups is 6. The molecule has 0 aromatic heterocycles. The van der Waals surface area contributed by atoms with Crippen molar-refractivity contribution in [1.29, 1.82) is 0 Å². The molecule has 0 bridgehead atoms. The third kappa shape index (κ3) is 15.4. The number of rotatable bonds is 15. The molecule has 0 aliphatic carbocycles. The van der Waals surface area contributed by atoms with Gasteiger partial charge in [0.25, 0.3) is 11.8 Å². The number of imide groups is 1. The molecule has 0 radical (unpaired) electrons. The summed E-state index contributed by atoms with van der Waals surface area (Å²) in [6.45, 7) is 15.8. The maximum atomic E-state index is 12.2. The van der Waals surface area contributed by atoms with E-state index >= 15 is 0 Å². The number of benzene rings is 4. The first kappa shape index (κ1) is 47.4. The fourth-order valence-corrected chi connectivity index (χ4v) is 5.46. The van der Waals surface area contributed by atoms with Crippen LogP contribution in [0, 0.1) is 17.8 Å². The van der Waals surface area contributed by atoms with Crippen molar-refractivity contribution in [2.45, 2.75) is 68.2 Å². The van der Waals surface area contributed by atoms with Gasteiger partial charge in [-0.15, -0.1) is 0 Å². The highest BCUT2D eigenvalue weighted by Gasteiger charge is 2.36. The molecule has 0 atom stereocenters. The van der Waals surface area contributed by atoms with Crippen LogP contribution in [0.2, 0.25) is 0 Å². The van der Waals surface area contributed by atoms with E-state index in [9.17, 15) is 28.8 Å². The molecular formula is C48H57NO10. The minimum absolute atomic E-state index is 0.0370. The van der Waals surface area contributed by atoms with Crippen molar-refractivity contribution in [2.75, 3.05) is 40.1 Å². The van der Waals surface area contributed by atoms with Crippen LogP contribution in [0.25, 0.3) is 0 Å². The van der Waals surface area contributed by atoms with Gasteiger partial charge in [0.2, 0.25) is 0 Å². The SMILES string of the molecule is CC(C)(C)C(=O)c1ccc(OCCOC(=O)CN2C(=O)c3ccccc3C2=O)cc1.COCCOc1ccc(CCC(C)=O)cc1.Cc1ccc(C(=O)C(C)(C)C)cc1. The number of nitrogens with zero attached hydrogens (tertiary/aromatic N) is 1. The molecule has 11 heteroatoms. The predicted octanol–water partition coefficient (Wildman–Crippen LogP) is 8.59. The first-order chi connectivity index (χ1) is 27.8. The fraction of sp³-hybridized carbons (Fsp3) is 0.375. The molecule has 314 valence electrons. The fourth-order valence-electron chi connectivity index (χ4n) is 5.46. The normalized spacial score (nSPS) is 12.0. The maximum Gasteiger partial charge on any atom is 0.326 e. The quantitative estimate of drug-likeness (QED) is 0.0496. The van der Waals surface area contributed by atoms with Gasteiger partial charge in [-0.05, 0) is 74.4 Å². The number of methoxy groups -OCH3 is 1. The van der Waals surface area contributed by atoms with Crippen molar-refractivity contribution in [1.82, 2.24) is 4.90 Å². The molecule has 0 unspecified atom stereocenters. The van der Waals surface area contributed by atoms with Crippen molar-refractivity contribution < 1.29 is 47.7 Å². The molecule has 1 aliphatic heterocycles. The van der Waals surface area contributed by atoms with Crippen LogP contribution in [-0.2, 0) is 25.5 Å². The van der Waals surface area contributed by atoms with Crippen molar-refractivity contribution in [3.05, 3.63) is 130 Å². The van der Waals surface area contributed by atoms with Crippen LogP contribution in [0.15, 0.2) is 97.1 Å². The number of fused-ring (bicyclic) bond motifs is 1. The third-order valence-corrected chi connectivity index (χ3v) is 8.82. The van der Waals surface area contributed by atoms with Gasteiger partial charge in [0.1, 0.15) is 43.6 Å². The molecule has 1 heterocycles. The minimum Gasteiger partial charge on any atom is -0.491 e. The van der Waals surface area contributed by atoms with E-state index in [2.05, 4.69) is 0 Å². The second-order valence-corrected chi connectivity index (χ2v) is 16.0. The number of hydrogen-bond donors (Lipinski definition) is 0. The van der Waals surface area contributed by atoms with Gasteiger partial charge in [-0.1, -0.05) is 95.6 Å². The molecule has 0 saturated carbocycles. The predicted molar refractivity (Wildman–Crippen MR) is 226 cm³/mol. The van der Waals surface area contributed by atoms with E-state index in [0.717, 1.165) is 28.2 Å². The first-order valence-corrected chi connectivity index (χ1v) is 19.5. The molecule has 59 heavy (non-hydrogen) atoms. The Kier molecular flexibility index (Phi) is 17.9. The van der Waals surface area contributed by atoms with Crippen LogP contribution in [0.5, 0.6) is 11.5 Å². The van der Waals surface area contributed by atoms with E-state index in [-0.39, 0.29) is 47.1 Å². The average Bonchev–Trinajstić information content (AvgIpc) is 3.43. The summed E-state index contributed by atoms with van der Waals surface area (Å²) in [5, 5.41) is 0. The van der Waals surface area contributed by atoms with Gasteiger partial charge >= 0.3 is 5.97 Å². The highest BCUT2D eigenvalue weighted by molar-refractivity contribution is 6.22. The van der Waals surface area contributed by atoms with Crippen molar-refractivity contribution >= 4 is 35.1 Å². The van der Waals surface area contributed by atoms with Crippen molar-refractivity contribution in [3.8, 4) is 11.5 Å². The van der Waals surface area contributed by atoms with E-state index < -0.39 is 29.7 Å². The lowest BCUT2D eigenvalue weighted by molar-refractivity contribution is -0.144. The Labute approximate surface area is 348 Å². The van der Waals surface area contributed by atoms with Crippen LogP contribution in [0.4, 0.5) is 0 Å². The Morgan fingerprint density at radius 3 is 1.47 bits per heavy atom. The van der Waals surface area contributed by atoms with E-state index in [0.29, 0.717) is 30.9 Å². The number of Topliss-reactive ketones (excluding diaryl/α,β-unsaturated/α-hetero) is 3. The van der Waals surface area contributed by atoms with Gasteiger partial charge in [0.15, 0.2) is 11.6 Å². The smallest absolute Gasteiger partial charge is 0.326 e. The third-order valence-electron chi connectivity index (χ3n) is 8.82. The summed E-state index contributed by atoms with van der Waals surface area (Å²) < 4.78 is 20.9. The second-order valence-electron chi connectivity index (χ2n) is 16.0. The number of amides is 2. The molecule has 4 aromatic rings. The van der Waals surface area contributed by atoms with E-state index in [1.54, 1.807) is 62.6 Å². The summed E-state index contributed by atoms with van der Waals surface area (Å²) in [5.41, 5.74) is 3.57. The van der Waals surface area contributed by atoms with Gasteiger partial charge in [0.05, 0.1) is 17.7 Å². The van der Waals surface area contributed by atoms with Crippen LogP contribution >= 0.6 is 0 Å². The number of ether oxygens (including phenoxy) is 4. The molecule has 0 spiro atoms. The van der Waals surface area contributed by atoms with Crippen LogP contribution in [0.1, 0.15) is 107 Å². The topological polar surface area (TPSA) is 143 Å².